The van der Waals surface area contributed by atoms with Gasteiger partial charge in [0.2, 0.25) is 0 Å². The molecule has 0 amide bonds. The lowest BCUT2D eigenvalue weighted by Crippen LogP contribution is -2.28. The van der Waals surface area contributed by atoms with Gasteiger partial charge in [0.05, 0.1) is 11.1 Å². The summed E-state index contributed by atoms with van der Waals surface area (Å²) in [5.41, 5.74) is 1.07. The molecular formula is C11H11NO. The molecule has 0 radical (unpaired) electrons. The average Bonchev–Trinajstić information content (AvgIpc) is 2.13. The van der Waals surface area contributed by atoms with Crippen LogP contribution in [-0.2, 0) is 0 Å². The van der Waals surface area contributed by atoms with Crippen LogP contribution in [0, 0.1) is 5.41 Å². The maximum atomic E-state index is 11.8. The first-order valence-electron chi connectivity index (χ1n) is 4.30. The Kier molecular flexibility index (Phi) is 1.59. The van der Waals surface area contributed by atoms with Crippen LogP contribution in [0.4, 0.5) is 5.69 Å². The fourth-order valence-electron chi connectivity index (χ4n) is 1.41. The minimum absolute atomic E-state index is 0.151. The Labute approximate surface area is 77.3 Å². The molecule has 0 saturated carbocycles. The number of Topliss-reactive ketones (excluding diaryl/α,β-unsaturated/α-hetero) is 1. The highest BCUT2D eigenvalue weighted by Gasteiger charge is 2.31. The molecule has 1 heterocycles. The van der Waals surface area contributed by atoms with Crippen LogP contribution in [0.2, 0.25) is 0 Å². The highest BCUT2D eigenvalue weighted by Crippen LogP contribution is 2.31. The summed E-state index contributed by atoms with van der Waals surface area (Å²) < 4.78 is 0. The van der Waals surface area contributed by atoms with Crippen LogP contribution in [0.1, 0.15) is 24.2 Å². The van der Waals surface area contributed by atoms with Crippen LogP contribution in [0.5, 0.6) is 0 Å². The molecule has 0 atom stereocenters. The number of benzene rings is 1. The number of aliphatic imine (C=N–C) groups is 1. The van der Waals surface area contributed by atoms with Gasteiger partial charge >= 0.3 is 0 Å². The Balaban J connectivity index is 2.62. The minimum atomic E-state index is -0.450. The van der Waals surface area contributed by atoms with Crippen molar-refractivity contribution in [3.05, 3.63) is 29.8 Å². The number of hydrogen-bond acceptors (Lipinski definition) is 2. The number of fused-ring (bicyclic) bond motifs is 1. The summed E-state index contributed by atoms with van der Waals surface area (Å²) in [6, 6.07) is 7.45. The van der Waals surface area contributed by atoms with Crippen molar-refractivity contribution >= 4 is 17.7 Å². The van der Waals surface area contributed by atoms with Crippen molar-refractivity contribution in [2.75, 3.05) is 0 Å². The van der Waals surface area contributed by atoms with Crippen molar-refractivity contribution in [2.45, 2.75) is 13.8 Å². The first kappa shape index (κ1) is 8.17. The Bertz CT molecular complexity index is 391. The predicted octanol–water partition coefficient (Wildman–Crippen LogP) is 2.61. The van der Waals surface area contributed by atoms with Crippen LogP contribution in [-0.4, -0.2) is 12.0 Å². The molecule has 1 aromatic carbocycles. The molecule has 0 bridgehead atoms. The summed E-state index contributed by atoms with van der Waals surface area (Å²) in [4.78, 5) is 16.1. The van der Waals surface area contributed by atoms with Crippen LogP contribution in [0.25, 0.3) is 0 Å². The van der Waals surface area contributed by atoms with Gasteiger partial charge in [-0.3, -0.25) is 9.79 Å². The molecule has 0 spiro atoms. The molecule has 0 aromatic heterocycles. The van der Waals surface area contributed by atoms with Gasteiger partial charge in [-0.25, -0.2) is 0 Å². The molecule has 0 saturated heterocycles. The highest BCUT2D eigenvalue weighted by atomic mass is 16.1. The molecule has 0 unspecified atom stereocenters. The summed E-state index contributed by atoms with van der Waals surface area (Å²) >= 11 is 0. The van der Waals surface area contributed by atoms with Crippen molar-refractivity contribution in [2.24, 2.45) is 10.4 Å². The lowest BCUT2D eigenvalue weighted by molar-refractivity contribution is 0.0903. The van der Waals surface area contributed by atoms with E-state index in [1.807, 2.05) is 38.1 Å². The van der Waals surface area contributed by atoms with Gasteiger partial charge in [-0.2, -0.15) is 0 Å². The van der Waals surface area contributed by atoms with E-state index in [1.165, 1.54) is 0 Å². The van der Waals surface area contributed by atoms with Crippen molar-refractivity contribution in [3.63, 3.8) is 0 Å². The van der Waals surface area contributed by atoms with Gasteiger partial charge in [-0.05, 0) is 26.0 Å². The second-order valence-corrected chi connectivity index (χ2v) is 3.83. The van der Waals surface area contributed by atoms with E-state index in [4.69, 9.17) is 0 Å². The van der Waals surface area contributed by atoms with Gasteiger partial charge in [-0.1, -0.05) is 12.1 Å². The van der Waals surface area contributed by atoms with E-state index in [0.29, 0.717) is 0 Å². The topological polar surface area (TPSA) is 29.4 Å². The maximum Gasteiger partial charge on any atom is 0.175 e. The van der Waals surface area contributed by atoms with Crippen LogP contribution >= 0.6 is 0 Å². The van der Waals surface area contributed by atoms with Gasteiger partial charge in [0, 0.05) is 11.8 Å². The largest absolute Gasteiger partial charge is 0.293 e. The zero-order valence-electron chi connectivity index (χ0n) is 7.74. The van der Waals surface area contributed by atoms with E-state index in [-0.39, 0.29) is 5.78 Å². The third kappa shape index (κ3) is 1.18. The minimum Gasteiger partial charge on any atom is -0.293 e. The molecule has 66 valence electrons. The molecule has 2 nitrogen and oxygen atoms in total. The number of ketones is 1. The van der Waals surface area contributed by atoms with E-state index < -0.39 is 5.41 Å². The molecule has 1 aliphatic rings. The van der Waals surface area contributed by atoms with Gasteiger partial charge in [0.15, 0.2) is 5.78 Å². The van der Waals surface area contributed by atoms with E-state index in [1.54, 1.807) is 6.21 Å². The van der Waals surface area contributed by atoms with Crippen LogP contribution in [0.15, 0.2) is 29.3 Å². The predicted molar refractivity (Wildman–Crippen MR) is 52.7 cm³/mol. The van der Waals surface area contributed by atoms with Gasteiger partial charge in [0.25, 0.3) is 0 Å². The number of para-hydroxylation sites is 1. The molecule has 1 aromatic rings. The standard InChI is InChI=1S/C11H11NO/c1-11(2)7-12-9-6-4-3-5-8(9)10(11)13/h3-7H,1-2H3. The summed E-state index contributed by atoms with van der Waals surface area (Å²) in [5.74, 6) is 0.151. The Morgan fingerprint density at radius 1 is 1.23 bits per heavy atom. The fourth-order valence-corrected chi connectivity index (χ4v) is 1.41. The molecule has 2 rings (SSSR count). The number of nitrogens with zero attached hydrogens (tertiary/aromatic N) is 1. The zero-order chi connectivity index (χ0) is 9.47. The van der Waals surface area contributed by atoms with Crippen molar-refractivity contribution in [1.29, 1.82) is 0 Å². The molecule has 0 aliphatic carbocycles. The summed E-state index contributed by atoms with van der Waals surface area (Å²) in [5, 5.41) is 0. The van der Waals surface area contributed by atoms with Gasteiger partial charge < -0.3 is 0 Å². The Hall–Kier alpha value is -1.44. The monoisotopic (exact) mass is 173 g/mol. The number of hydrogen-bond donors (Lipinski definition) is 0. The zero-order valence-corrected chi connectivity index (χ0v) is 7.74. The molecular weight excluding hydrogens is 162 g/mol. The van der Waals surface area contributed by atoms with Crippen molar-refractivity contribution in [3.8, 4) is 0 Å². The molecule has 1 aliphatic heterocycles. The first-order chi connectivity index (χ1) is 6.11. The highest BCUT2D eigenvalue weighted by molar-refractivity contribution is 6.14. The fraction of sp³-hybridized carbons (Fsp3) is 0.273. The van der Waals surface area contributed by atoms with Gasteiger partial charge in [0.1, 0.15) is 0 Å². The van der Waals surface area contributed by atoms with E-state index >= 15 is 0 Å². The molecule has 0 N–H and O–H groups in total. The van der Waals surface area contributed by atoms with E-state index in [0.717, 1.165) is 11.3 Å². The van der Waals surface area contributed by atoms with Crippen LogP contribution in [0.3, 0.4) is 0 Å². The van der Waals surface area contributed by atoms with E-state index in [9.17, 15) is 4.79 Å². The quantitative estimate of drug-likeness (QED) is 0.593. The summed E-state index contributed by atoms with van der Waals surface area (Å²) in [6.45, 7) is 3.77. The van der Waals surface area contributed by atoms with E-state index in [2.05, 4.69) is 4.99 Å². The van der Waals surface area contributed by atoms with Gasteiger partial charge in [-0.15, -0.1) is 0 Å². The third-order valence-electron chi connectivity index (χ3n) is 2.26. The normalized spacial score (nSPS) is 18.5. The third-order valence-corrected chi connectivity index (χ3v) is 2.26. The summed E-state index contributed by atoms with van der Waals surface area (Å²) in [6.07, 6.45) is 1.72. The maximum absolute atomic E-state index is 11.8. The smallest absolute Gasteiger partial charge is 0.175 e. The number of carbonyl (C=O) groups is 1. The van der Waals surface area contributed by atoms with Crippen molar-refractivity contribution in [1.82, 2.24) is 0 Å². The van der Waals surface area contributed by atoms with Crippen molar-refractivity contribution < 1.29 is 4.79 Å². The lowest BCUT2D eigenvalue weighted by atomic mass is 9.83. The SMILES string of the molecule is CC1(C)C=Nc2ccccc2C1=O. The lowest BCUT2D eigenvalue weighted by Gasteiger charge is -2.22. The Morgan fingerprint density at radius 3 is 2.69 bits per heavy atom. The summed E-state index contributed by atoms with van der Waals surface area (Å²) in [7, 11) is 0. The average molecular weight is 173 g/mol. The molecule has 2 heteroatoms. The second-order valence-electron chi connectivity index (χ2n) is 3.83. The Morgan fingerprint density at radius 2 is 1.92 bits per heavy atom. The first-order valence-corrected chi connectivity index (χ1v) is 4.30. The van der Waals surface area contributed by atoms with Crippen LogP contribution < -0.4 is 0 Å². The second kappa shape index (κ2) is 2.52. The number of carbonyl (C=O) groups excluding carboxylic acids is 1. The number of rotatable bonds is 0. The molecule has 13 heavy (non-hydrogen) atoms. The molecule has 0 fully saturated rings.